The minimum absolute atomic E-state index is 0.0290. The average molecular weight is 764 g/mol. The van der Waals surface area contributed by atoms with Crippen molar-refractivity contribution in [2.45, 2.75) is 31.6 Å². The van der Waals surface area contributed by atoms with Crippen LogP contribution in [0.25, 0.3) is 11.1 Å². The molecule has 54 heavy (non-hydrogen) atoms. The quantitative estimate of drug-likeness (QED) is 0.0777. The molecule has 0 unspecified atom stereocenters. The number of carboxylic acid groups (broad SMARTS) is 1. The first-order valence-corrected chi connectivity index (χ1v) is 18.6. The van der Waals surface area contributed by atoms with E-state index < -0.39 is 12.1 Å². The first kappa shape index (κ1) is 44.7. The second-order valence-electron chi connectivity index (χ2n) is 12.0. The maximum Gasteiger partial charge on any atom is 0.407 e. The standard InChI is InChI=1S/C39H57NO14/c41-37(42)11-5-6-12-38(43)53-30-29-52-28-27-51-26-25-50-24-23-49-22-21-48-20-19-47-18-17-46-16-15-45-14-13-40-39(44)54-31-36-34-9-3-1-7-32(34)33-8-2-4-10-35(33)36/h1-4,7-10,36H,5-6,11-31H2,(H,40,44)(H,41,42). The number of carbonyl (C=O) groups is 3. The van der Waals surface area contributed by atoms with E-state index in [1.54, 1.807) is 0 Å². The lowest BCUT2D eigenvalue weighted by Crippen LogP contribution is -2.29. The SMILES string of the molecule is O=C(O)CCCCC(=O)OCCOCCOCCOCCOCCOCCOCCOCCOCCNC(=O)OCC1c2ccccc2-c2ccccc21. The second-order valence-corrected chi connectivity index (χ2v) is 12.0. The summed E-state index contributed by atoms with van der Waals surface area (Å²) in [5.74, 6) is -1.19. The number of hydrogen-bond donors (Lipinski definition) is 2. The Kier molecular flexibility index (Phi) is 24.6. The van der Waals surface area contributed by atoms with Crippen LogP contribution in [0.3, 0.4) is 0 Å². The number of rotatable bonds is 34. The van der Waals surface area contributed by atoms with Crippen molar-refractivity contribution in [3.63, 3.8) is 0 Å². The van der Waals surface area contributed by atoms with Crippen molar-refractivity contribution >= 4 is 18.0 Å². The highest BCUT2D eigenvalue weighted by atomic mass is 16.6. The number of benzene rings is 2. The molecule has 1 aliphatic rings. The van der Waals surface area contributed by atoms with Gasteiger partial charge in [0, 0.05) is 25.3 Å². The molecule has 302 valence electrons. The number of amides is 1. The molecule has 1 aliphatic carbocycles. The van der Waals surface area contributed by atoms with E-state index in [-0.39, 0.29) is 44.5 Å². The summed E-state index contributed by atoms with van der Waals surface area (Å²) in [6.07, 6.45) is 0.755. The number of unbranched alkanes of at least 4 members (excludes halogenated alkanes) is 1. The minimum atomic E-state index is -0.866. The minimum Gasteiger partial charge on any atom is -0.481 e. The van der Waals surface area contributed by atoms with Gasteiger partial charge in [0.05, 0.1) is 106 Å². The molecule has 2 N–H and O–H groups in total. The molecule has 0 radical (unpaired) electrons. The summed E-state index contributed by atoms with van der Waals surface area (Å²) in [7, 11) is 0. The van der Waals surface area contributed by atoms with Crippen molar-refractivity contribution in [1.29, 1.82) is 0 Å². The number of nitrogens with one attached hydrogen (secondary N) is 1. The highest BCUT2D eigenvalue weighted by Gasteiger charge is 2.28. The predicted octanol–water partition coefficient (Wildman–Crippen LogP) is 3.85. The molecule has 0 bridgehead atoms. The van der Waals surface area contributed by atoms with Crippen molar-refractivity contribution in [3.8, 4) is 11.1 Å². The van der Waals surface area contributed by atoms with E-state index in [1.807, 2.05) is 24.3 Å². The van der Waals surface area contributed by atoms with Gasteiger partial charge < -0.3 is 57.8 Å². The zero-order valence-corrected chi connectivity index (χ0v) is 31.2. The lowest BCUT2D eigenvalue weighted by molar-refractivity contribution is -0.146. The lowest BCUT2D eigenvalue weighted by atomic mass is 9.98. The fourth-order valence-corrected chi connectivity index (χ4v) is 5.35. The van der Waals surface area contributed by atoms with Crippen LogP contribution in [-0.4, -0.2) is 149 Å². The zero-order chi connectivity index (χ0) is 38.3. The lowest BCUT2D eigenvalue weighted by Gasteiger charge is -2.14. The molecule has 0 saturated heterocycles. The Hall–Kier alpha value is -3.67. The van der Waals surface area contributed by atoms with Crippen molar-refractivity contribution in [3.05, 3.63) is 59.7 Å². The Morgan fingerprint density at radius 3 is 1.33 bits per heavy atom. The van der Waals surface area contributed by atoms with Gasteiger partial charge in [-0.3, -0.25) is 9.59 Å². The number of hydrogen-bond acceptors (Lipinski definition) is 13. The van der Waals surface area contributed by atoms with Crippen LogP contribution < -0.4 is 5.32 Å². The van der Waals surface area contributed by atoms with Gasteiger partial charge in [-0.05, 0) is 35.1 Å². The maximum atomic E-state index is 12.2. The summed E-state index contributed by atoms with van der Waals surface area (Å²) in [5.41, 5.74) is 4.74. The third-order valence-corrected chi connectivity index (χ3v) is 7.98. The number of esters is 1. The van der Waals surface area contributed by atoms with E-state index in [1.165, 1.54) is 22.3 Å². The summed E-state index contributed by atoms with van der Waals surface area (Å²) in [6, 6.07) is 16.5. The van der Waals surface area contributed by atoms with Crippen molar-refractivity contribution in [2.75, 3.05) is 125 Å². The normalized spacial score (nSPS) is 12.0. The van der Waals surface area contributed by atoms with Crippen LogP contribution in [-0.2, 0) is 57.0 Å². The van der Waals surface area contributed by atoms with Crippen LogP contribution in [0.2, 0.25) is 0 Å². The summed E-state index contributed by atoms with van der Waals surface area (Å²) in [5, 5.41) is 11.3. The van der Waals surface area contributed by atoms with Gasteiger partial charge in [0.25, 0.3) is 0 Å². The summed E-state index contributed by atoms with van der Waals surface area (Å²) in [6.45, 7) is 7.56. The number of fused-ring (bicyclic) bond motifs is 3. The van der Waals surface area contributed by atoms with E-state index in [9.17, 15) is 14.4 Å². The molecule has 0 fully saturated rings. The fourth-order valence-electron chi connectivity index (χ4n) is 5.35. The topological polar surface area (TPSA) is 176 Å². The molecule has 0 aromatic heterocycles. The smallest absolute Gasteiger partial charge is 0.407 e. The number of alkyl carbamates (subject to hydrolysis) is 1. The van der Waals surface area contributed by atoms with Crippen LogP contribution in [0, 0.1) is 0 Å². The van der Waals surface area contributed by atoms with Crippen molar-refractivity contribution in [1.82, 2.24) is 5.32 Å². The van der Waals surface area contributed by atoms with Crippen molar-refractivity contribution in [2.24, 2.45) is 0 Å². The van der Waals surface area contributed by atoms with Gasteiger partial charge in [0.1, 0.15) is 13.2 Å². The van der Waals surface area contributed by atoms with Gasteiger partial charge in [0.2, 0.25) is 0 Å². The molecule has 0 aliphatic heterocycles. The summed E-state index contributed by atoms with van der Waals surface area (Å²) in [4.78, 5) is 34.2. The van der Waals surface area contributed by atoms with Crippen LogP contribution in [0.15, 0.2) is 48.5 Å². The molecule has 0 heterocycles. The Labute approximate surface area is 317 Å². The van der Waals surface area contributed by atoms with Crippen LogP contribution in [0.1, 0.15) is 42.7 Å². The number of ether oxygens (including phenoxy) is 10. The molecular formula is C39H57NO14. The molecular weight excluding hydrogens is 706 g/mol. The van der Waals surface area contributed by atoms with E-state index in [0.717, 1.165) is 0 Å². The summed E-state index contributed by atoms with van der Waals surface area (Å²) >= 11 is 0. The van der Waals surface area contributed by atoms with E-state index in [2.05, 4.69) is 29.6 Å². The van der Waals surface area contributed by atoms with Crippen LogP contribution in [0.5, 0.6) is 0 Å². The highest BCUT2D eigenvalue weighted by Crippen LogP contribution is 2.44. The van der Waals surface area contributed by atoms with E-state index in [0.29, 0.717) is 118 Å². The van der Waals surface area contributed by atoms with Gasteiger partial charge in [-0.15, -0.1) is 0 Å². The van der Waals surface area contributed by atoms with Crippen LogP contribution >= 0.6 is 0 Å². The Bertz CT molecular complexity index is 1270. The van der Waals surface area contributed by atoms with Crippen molar-refractivity contribution < 1.29 is 66.9 Å². The second kappa shape index (κ2) is 29.7. The van der Waals surface area contributed by atoms with Crippen LogP contribution in [0.4, 0.5) is 4.79 Å². The Morgan fingerprint density at radius 2 is 0.889 bits per heavy atom. The van der Waals surface area contributed by atoms with Gasteiger partial charge in [-0.25, -0.2) is 4.79 Å². The third-order valence-electron chi connectivity index (χ3n) is 7.98. The largest absolute Gasteiger partial charge is 0.481 e. The Balaban J connectivity index is 0.961. The molecule has 15 nitrogen and oxygen atoms in total. The predicted molar refractivity (Wildman–Crippen MR) is 197 cm³/mol. The molecule has 2 aromatic carbocycles. The molecule has 3 rings (SSSR count). The number of carboxylic acids is 1. The monoisotopic (exact) mass is 763 g/mol. The molecule has 2 aromatic rings. The zero-order valence-electron chi connectivity index (χ0n) is 31.2. The maximum absolute atomic E-state index is 12.2. The molecule has 1 amide bonds. The van der Waals surface area contributed by atoms with E-state index >= 15 is 0 Å². The fraction of sp³-hybridized carbons (Fsp3) is 0.615. The molecule has 15 heteroatoms. The molecule has 0 saturated carbocycles. The summed E-state index contributed by atoms with van der Waals surface area (Å²) < 4.78 is 54.2. The first-order chi connectivity index (χ1) is 26.6. The van der Waals surface area contributed by atoms with Gasteiger partial charge >= 0.3 is 18.0 Å². The van der Waals surface area contributed by atoms with Gasteiger partial charge in [-0.2, -0.15) is 0 Å². The van der Waals surface area contributed by atoms with Gasteiger partial charge in [-0.1, -0.05) is 48.5 Å². The number of aliphatic carboxylic acids is 1. The highest BCUT2D eigenvalue weighted by molar-refractivity contribution is 5.79. The molecule has 0 atom stereocenters. The van der Waals surface area contributed by atoms with E-state index in [4.69, 9.17) is 52.5 Å². The third kappa shape index (κ3) is 20.1. The Morgan fingerprint density at radius 1 is 0.500 bits per heavy atom. The average Bonchev–Trinajstić information content (AvgIpc) is 3.50. The number of carbonyl (C=O) groups excluding carboxylic acids is 2. The molecule has 0 spiro atoms. The first-order valence-electron chi connectivity index (χ1n) is 18.6. The van der Waals surface area contributed by atoms with Gasteiger partial charge in [0.15, 0.2) is 0 Å².